The topological polar surface area (TPSA) is 78.8 Å². The molecule has 4 rings (SSSR count). The largest absolute Gasteiger partial charge is 0.379 e. The van der Waals surface area contributed by atoms with Gasteiger partial charge in [-0.2, -0.15) is 0 Å². The van der Waals surface area contributed by atoms with Crippen LogP contribution in [-0.4, -0.2) is 48.1 Å². The van der Waals surface area contributed by atoms with Crippen LogP contribution in [0.5, 0.6) is 0 Å². The van der Waals surface area contributed by atoms with Gasteiger partial charge in [-0.05, 0) is 72.5 Å². The molecule has 2 N–H and O–H groups in total. The first-order chi connectivity index (χ1) is 16.6. The van der Waals surface area contributed by atoms with Crippen LogP contribution in [0.25, 0.3) is 0 Å². The number of aryl methyl sites for hydroxylation is 2. The van der Waals surface area contributed by atoms with E-state index in [0.717, 1.165) is 44.1 Å². The van der Waals surface area contributed by atoms with Crippen LogP contribution in [0.15, 0.2) is 72.0 Å². The number of carbonyl (C=O) groups excluding carboxylic acids is 1. The minimum atomic E-state index is -0.206. The molecular weight excluding hydrogens is 426 g/mol. The number of hydrogen-bond donors (Lipinski definition) is 2. The van der Waals surface area contributed by atoms with Gasteiger partial charge in [-0.3, -0.25) is 20.0 Å². The van der Waals surface area contributed by atoms with Gasteiger partial charge in [0.25, 0.3) is 5.91 Å². The Balaban J connectivity index is 1.45. The highest BCUT2D eigenvalue weighted by Gasteiger charge is 2.13. The average Bonchev–Trinajstić information content (AvgIpc) is 2.86. The molecule has 2 heterocycles. The van der Waals surface area contributed by atoms with Crippen LogP contribution in [0, 0.1) is 13.8 Å². The highest BCUT2D eigenvalue weighted by atomic mass is 16.5. The molecule has 0 saturated carbocycles. The van der Waals surface area contributed by atoms with Crippen molar-refractivity contribution in [1.82, 2.24) is 15.2 Å². The molecule has 0 unspecified atom stereocenters. The van der Waals surface area contributed by atoms with Crippen LogP contribution in [0.2, 0.25) is 0 Å². The van der Waals surface area contributed by atoms with E-state index in [1.807, 2.05) is 54.6 Å². The third-order valence-electron chi connectivity index (χ3n) is 5.90. The van der Waals surface area contributed by atoms with E-state index in [4.69, 9.17) is 4.74 Å². The molecule has 3 aromatic rings. The minimum absolute atomic E-state index is 0.206. The fraction of sp³-hybridized carbons (Fsp3) is 0.296. The van der Waals surface area contributed by atoms with Crippen molar-refractivity contribution in [2.45, 2.75) is 26.9 Å². The van der Waals surface area contributed by atoms with Gasteiger partial charge < -0.3 is 10.1 Å². The number of nitrogens with zero attached hydrogens (tertiary/aromatic N) is 3. The van der Waals surface area contributed by atoms with Crippen LogP contribution >= 0.6 is 0 Å². The number of hydrogen-bond acceptors (Lipinski definition) is 5. The van der Waals surface area contributed by atoms with E-state index < -0.39 is 0 Å². The maximum Gasteiger partial charge on any atom is 0.257 e. The van der Waals surface area contributed by atoms with Crippen molar-refractivity contribution in [2.75, 3.05) is 31.6 Å². The molecule has 1 amide bonds. The molecule has 1 fully saturated rings. The quantitative estimate of drug-likeness (QED) is 0.433. The Kier molecular flexibility index (Phi) is 8.01. The van der Waals surface area contributed by atoms with Gasteiger partial charge in [0.1, 0.15) is 0 Å². The normalized spacial score (nSPS) is 14.6. The van der Waals surface area contributed by atoms with Crippen molar-refractivity contribution < 1.29 is 9.53 Å². The lowest BCUT2D eigenvalue weighted by Gasteiger charge is -2.26. The number of aromatic nitrogens is 1. The van der Waals surface area contributed by atoms with Crippen LogP contribution in [0.1, 0.15) is 32.6 Å². The maximum atomic E-state index is 13.0. The fourth-order valence-corrected chi connectivity index (χ4v) is 3.68. The summed E-state index contributed by atoms with van der Waals surface area (Å²) in [5, 5.41) is 6.21. The standard InChI is InChI=1S/C27H31N5O2/c1-20-3-8-25(17-21(20)2)30-27(29-18-22-9-11-28-12-10-22)31-26(33)24-6-4-23(5-7-24)19-32-13-15-34-16-14-32/h3-12,17H,13-16,18-19H2,1-2H3,(H2,29,30,31,33). The maximum absolute atomic E-state index is 13.0. The molecule has 1 aromatic heterocycles. The molecule has 176 valence electrons. The molecule has 1 aliphatic rings. The Labute approximate surface area is 200 Å². The van der Waals surface area contributed by atoms with Gasteiger partial charge >= 0.3 is 0 Å². The number of benzene rings is 2. The zero-order chi connectivity index (χ0) is 23.8. The predicted molar refractivity (Wildman–Crippen MR) is 135 cm³/mol. The first-order valence-corrected chi connectivity index (χ1v) is 11.5. The molecule has 34 heavy (non-hydrogen) atoms. The molecule has 0 spiro atoms. The summed E-state index contributed by atoms with van der Waals surface area (Å²) in [4.78, 5) is 24.0. The number of aliphatic imine (C=N–C) groups is 1. The van der Waals surface area contributed by atoms with Crippen molar-refractivity contribution in [3.63, 3.8) is 0 Å². The van der Waals surface area contributed by atoms with E-state index in [2.05, 4.69) is 39.4 Å². The van der Waals surface area contributed by atoms with E-state index >= 15 is 0 Å². The molecule has 7 nitrogen and oxygen atoms in total. The van der Waals surface area contributed by atoms with Gasteiger partial charge in [-0.15, -0.1) is 0 Å². The van der Waals surface area contributed by atoms with Crippen molar-refractivity contribution in [3.05, 3.63) is 94.8 Å². The summed E-state index contributed by atoms with van der Waals surface area (Å²) < 4.78 is 5.41. The summed E-state index contributed by atoms with van der Waals surface area (Å²) in [6, 6.07) is 17.6. The van der Waals surface area contributed by atoms with E-state index in [1.165, 1.54) is 16.7 Å². The van der Waals surface area contributed by atoms with Crippen LogP contribution in [0.4, 0.5) is 5.69 Å². The van der Waals surface area contributed by atoms with Gasteiger partial charge in [0.2, 0.25) is 5.96 Å². The molecule has 1 saturated heterocycles. The van der Waals surface area contributed by atoms with Gasteiger partial charge in [-0.25, -0.2) is 4.99 Å². The first-order valence-electron chi connectivity index (χ1n) is 11.5. The van der Waals surface area contributed by atoms with Crippen molar-refractivity contribution in [1.29, 1.82) is 0 Å². The van der Waals surface area contributed by atoms with Crippen LogP contribution in [-0.2, 0) is 17.8 Å². The summed E-state index contributed by atoms with van der Waals surface area (Å²) in [5.41, 5.74) is 6.03. The Morgan fingerprint density at radius 3 is 2.41 bits per heavy atom. The van der Waals surface area contributed by atoms with Crippen molar-refractivity contribution in [3.8, 4) is 0 Å². The Morgan fingerprint density at radius 1 is 0.971 bits per heavy atom. The zero-order valence-electron chi connectivity index (χ0n) is 19.8. The monoisotopic (exact) mass is 457 g/mol. The summed E-state index contributed by atoms with van der Waals surface area (Å²) in [7, 11) is 0. The molecule has 0 bridgehead atoms. The third-order valence-corrected chi connectivity index (χ3v) is 5.90. The Bertz CT molecular complexity index is 1120. The Morgan fingerprint density at radius 2 is 1.71 bits per heavy atom. The van der Waals surface area contributed by atoms with Crippen molar-refractivity contribution in [2.24, 2.45) is 4.99 Å². The highest BCUT2D eigenvalue weighted by molar-refractivity contribution is 6.10. The molecule has 1 aliphatic heterocycles. The zero-order valence-corrected chi connectivity index (χ0v) is 19.8. The number of amides is 1. The van der Waals surface area contributed by atoms with E-state index in [1.54, 1.807) is 12.4 Å². The minimum Gasteiger partial charge on any atom is -0.379 e. The van der Waals surface area contributed by atoms with Crippen LogP contribution < -0.4 is 10.6 Å². The highest BCUT2D eigenvalue weighted by Crippen LogP contribution is 2.15. The summed E-state index contributed by atoms with van der Waals surface area (Å²) in [6.45, 7) is 8.83. The number of morpholine rings is 1. The number of anilines is 1. The van der Waals surface area contributed by atoms with E-state index in [-0.39, 0.29) is 5.91 Å². The lowest BCUT2D eigenvalue weighted by Crippen LogP contribution is -2.36. The number of guanidine groups is 1. The summed E-state index contributed by atoms with van der Waals surface area (Å²) in [6.07, 6.45) is 3.47. The summed E-state index contributed by atoms with van der Waals surface area (Å²) >= 11 is 0. The lowest BCUT2D eigenvalue weighted by molar-refractivity contribution is 0.0342. The second-order valence-corrected chi connectivity index (χ2v) is 8.48. The second-order valence-electron chi connectivity index (χ2n) is 8.48. The van der Waals surface area contributed by atoms with E-state index in [9.17, 15) is 4.79 Å². The number of carbonyl (C=O) groups is 1. The van der Waals surface area contributed by atoms with Crippen LogP contribution in [0.3, 0.4) is 0 Å². The number of rotatable bonds is 6. The second kappa shape index (κ2) is 11.5. The molecule has 0 atom stereocenters. The molecule has 0 aliphatic carbocycles. The van der Waals surface area contributed by atoms with Gasteiger partial charge in [-0.1, -0.05) is 18.2 Å². The lowest BCUT2D eigenvalue weighted by atomic mass is 10.1. The average molecular weight is 458 g/mol. The molecule has 7 heteroatoms. The fourth-order valence-electron chi connectivity index (χ4n) is 3.68. The van der Waals surface area contributed by atoms with Crippen molar-refractivity contribution >= 4 is 17.6 Å². The van der Waals surface area contributed by atoms with Gasteiger partial charge in [0.15, 0.2) is 0 Å². The smallest absolute Gasteiger partial charge is 0.257 e. The van der Waals surface area contributed by atoms with Gasteiger partial charge in [0.05, 0.1) is 19.8 Å². The van der Waals surface area contributed by atoms with E-state index in [0.29, 0.717) is 18.1 Å². The predicted octanol–water partition coefficient (Wildman–Crippen LogP) is 3.93. The first kappa shape index (κ1) is 23.6. The SMILES string of the molecule is Cc1ccc(NC(=NCc2ccncc2)NC(=O)c2ccc(CN3CCOCC3)cc2)cc1C. The molecular formula is C27H31N5O2. The number of ether oxygens (including phenoxy) is 1. The third kappa shape index (κ3) is 6.73. The van der Waals surface area contributed by atoms with Gasteiger partial charge in [0, 0.05) is 43.3 Å². The Hall–Kier alpha value is -3.55. The number of nitrogens with one attached hydrogen (secondary N) is 2. The molecule has 0 radical (unpaired) electrons. The summed E-state index contributed by atoms with van der Waals surface area (Å²) in [5.74, 6) is 0.199. The molecule has 2 aromatic carbocycles. The number of pyridine rings is 1.